The van der Waals surface area contributed by atoms with E-state index >= 15 is 0 Å². The summed E-state index contributed by atoms with van der Waals surface area (Å²) in [5.74, 6) is 1.91. The number of amides is 1. The number of hydrogen-bond donors (Lipinski definition) is 1. The lowest BCUT2D eigenvalue weighted by molar-refractivity contribution is 0.0362. The third kappa shape index (κ3) is 7.52. The van der Waals surface area contributed by atoms with Gasteiger partial charge in [-0.3, -0.25) is 4.90 Å². The first-order chi connectivity index (χ1) is 19.4. The zero-order valence-electron chi connectivity index (χ0n) is 24.4. The van der Waals surface area contributed by atoms with Crippen molar-refractivity contribution in [1.82, 2.24) is 20.4 Å². The van der Waals surface area contributed by atoms with E-state index in [0.29, 0.717) is 31.3 Å². The first kappa shape index (κ1) is 28.8. The van der Waals surface area contributed by atoms with Gasteiger partial charge in [-0.1, -0.05) is 38.1 Å². The molecule has 1 N–H and O–H groups in total. The van der Waals surface area contributed by atoms with Gasteiger partial charge in [-0.2, -0.15) is 5.10 Å². The molecule has 0 spiro atoms. The SMILES string of the molecule is CC(C)(C)OC(=O)N[C@H]1C[C@H](Oc2ccc(C(C)(C)c3ccc(Oc4ccc(CN5CC(F)C5)nn4)cc3)cc2)C1. The highest BCUT2D eigenvalue weighted by atomic mass is 19.1. The maximum atomic E-state index is 13.0. The molecule has 0 bridgehead atoms. The van der Waals surface area contributed by atoms with Gasteiger partial charge in [0.1, 0.15) is 29.4 Å². The second-order valence-electron chi connectivity index (χ2n) is 12.5. The van der Waals surface area contributed by atoms with E-state index in [0.717, 1.165) is 29.8 Å². The molecular weight excluding hydrogens is 523 g/mol. The van der Waals surface area contributed by atoms with Crippen LogP contribution < -0.4 is 14.8 Å². The number of nitrogens with zero attached hydrogens (tertiary/aromatic N) is 3. The van der Waals surface area contributed by atoms with Crippen LogP contribution in [0.1, 0.15) is 64.3 Å². The smallest absolute Gasteiger partial charge is 0.407 e. The number of carbonyl (C=O) groups excluding carboxylic acids is 1. The Hall–Kier alpha value is -3.72. The molecule has 0 unspecified atom stereocenters. The van der Waals surface area contributed by atoms with Crippen molar-refractivity contribution in [2.75, 3.05) is 13.1 Å². The van der Waals surface area contributed by atoms with Gasteiger partial charge < -0.3 is 19.5 Å². The predicted octanol–water partition coefficient (Wildman–Crippen LogP) is 6.18. The topological polar surface area (TPSA) is 85.8 Å². The molecule has 5 rings (SSSR count). The van der Waals surface area contributed by atoms with Gasteiger partial charge in [-0.15, -0.1) is 5.10 Å². The molecule has 1 aliphatic carbocycles. The van der Waals surface area contributed by atoms with Crippen LogP contribution in [0.5, 0.6) is 17.4 Å². The first-order valence-corrected chi connectivity index (χ1v) is 14.2. The fourth-order valence-electron chi connectivity index (χ4n) is 4.98. The molecule has 1 saturated heterocycles. The van der Waals surface area contributed by atoms with E-state index < -0.39 is 11.8 Å². The van der Waals surface area contributed by atoms with Crippen molar-refractivity contribution < 1.29 is 23.4 Å². The fourth-order valence-corrected chi connectivity index (χ4v) is 4.98. The van der Waals surface area contributed by atoms with Crippen LogP contribution in [0.4, 0.5) is 9.18 Å². The molecule has 2 heterocycles. The minimum atomic E-state index is -0.727. The predicted molar refractivity (Wildman–Crippen MR) is 154 cm³/mol. The lowest BCUT2D eigenvalue weighted by Gasteiger charge is -2.36. The van der Waals surface area contributed by atoms with Crippen LogP contribution >= 0.6 is 0 Å². The Balaban J connectivity index is 1.10. The highest BCUT2D eigenvalue weighted by Gasteiger charge is 2.33. The summed E-state index contributed by atoms with van der Waals surface area (Å²) in [5, 5.41) is 11.3. The largest absolute Gasteiger partial charge is 0.490 e. The third-order valence-corrected chi connectivity index (χ3v) is 7.49. The summed E-state index contributed by atoms with van der Waals surface area (Å²) < 4.78 is 30.3. The molecule has 9 heteroatoms. The van der Waals surface area contributed by atoms with Gasteiger partial charge in [0.25, 0.3) is 0 Å². The van der Waals surface area contributed by atoms with E-state index in [4.69, 9.17) is 14.2 Å². The van der Waals surface area contributed by atoms with E-state index in [2.05, 4.69) is 53.6 Å². The number of ether oxygens (including phenoxy) is 3. The van der Waals surface area contributed by atoms with E-state index in [1.807, 2.05) is 56.0 Å². The van der Waals surface area contributed by atoms with E-state index in [1.165, 1.54) is 5.56 Å². The molecule has 218 valence electrons. The second-order valence-corrected chi connectivity index (χ2v) is 12.5. The van der Waals surface area contributed by atoms with Crippen LogP contribution in [-0.4, -0.2) is 58.2 Å². The van der Waals surface area contributed by atoms with Gasteiger partial charge in [-0.05, 0) is 62.2 Å². The standard InChI is InChI=1S/C32H39FN4O4/c1-31(2,3)41-30(38)34-25-16-28(17-25)39-26-11-6-21(7-12-26)32(4,5)22-8-13-27(14-9-22)40-29-15-10-24(35-36-29)20-37-18-23(33)19-37/h6-15,23,25,28H,16-20H2,1-5H3,(H,34,38)/t25-,28-. The van der Waals surface area contributed by atoms with Crippen molar-refractivity contribution in [3.63, 3.8) is 0 Å². The minimum Gasteiger partial charge on any atom is -0.490 e. The Bertz CT molecular complexity index is 1310. The van der Waals surface area contributed by atoms with Crippen LogP contribution in [0, 0.1) is 0 Å². The van der Waals surface area contributed by atoms with Crippen LogP contribution in [0.25, 0.3) is 0 Å². The number of carbonyl (C=O) groups is 1. The molecule has 2 aliphatic rings. The van der Waals surface area contributed by atoms with Crippen molar-refractivity contribution in [3.05, 3.63) is 77.5 Å². The van der Waals surface area contributed by atoms with Crippen LogP contribution in [0.2, 0.25) is 0 Å². The van der Waals surface area contributed by atoms with Gasteiger partial charge in [0.05, 0.1) is 5.69 Å². The quantitative estimate of drug-likeness (QED) is 0.333. The van der Waals surface area contributed by atoms with Crippen molar-refractivity contribution in [1.29, 1.82) is 0 Å². The van der Waals surface area contributed by atoms with Crippen molar-refractivity contribution in [2.45, 2.75) is 83.3 Å². The Morgan fingerprint density at radius 2 is 1.51 bits per heavy atom. The summed E-state index contributed by atoms with van der Waals surface area (Å²) in [7, 11) is 0. The number of nitrogens with one attached hydrogen (secondary N) is 1. The van der Waals surface area contributed by atoms with Gasteiger partial charge in [0.2, 0.25) is 5.88 Å². The van der Waals surface area contributed by atoms with E-state index in [9.17, 15) is 9.18 Å². The Labute approximate surface area is 241 Å². The van der Waals surface area contributed by atoms with Crippen LogP contribution in [0.3, 0.4) is 0 Å². The molecule has 2 aromatic carbocycles. The molecule has 1 amide bonds. The van der Waals surface area contributed by atoms with Crippen LogP contribution in [0.15, 0.2) is 60.7 Å². The first-order valence-electron chi connectivity index (χ1n) is 14.2. The average Bonchev–Trinajstić information content (AvgIpc) is 2.87. The van der Waals surface area contributed by atoms with E-state index in [-0.39, 0.29) is 23.7 Å². The normalized spacial score (nSPS) is 19.6. The molecule has 0 radical (unpaired) electrons. The maximum absolute atomic E-state index is 13.0. The number of likely N-dealkylation sites (tertiary alicyclic amines) is 1. The number of benzene rings is 2. The lowest BCUT2D eigenvalue weighted by Crippen LogP contribution is -2.50. The summed E-state index contributed by atoms with van der Waals surface area (Å²) in [6, 6.07) is 19.9. The van der Waals surface area contributed by atoms with Crippen molar-refractivity contribution >= 4 is 6.09 Å². The molecular formula is C32H39FN4O4. The fraction of sp³-hybridized carbons (Fsp3) is 0.469. The van der Waals surface area contributed by atoms with Gasteiger partial charge in [0.15, 0.2) is 0 Å². The Kier molecular flexibility index (Phi) is 8.18. The van der Waals surface area contributed by atoms with Gasteiger partial charge >= 0.3 is 6.09 Å². The molecule has 1 aromatic heterocycles. The number of halogens is 1. The zero-order chi connectivity index (χ0) is 29.2. The van der Waals surface area contributed by atoms with Gasteiger partial charge in [-0.25, -0.2) is 9.18 Å². The summed E-state index contributed by atoms with van der Waals surface area (Å²) in [6.45, 7) is 11.4. The summed E-state index contributed by atoms with van der Waals surface area (Å²) in [4.78, 5) is 13.9. The molecule has 1 saturated carbocycles. The molecule has 41 heavy (non-hydrogen) atoms. The van der Waals surface area contributed by atoms with E-state index in [1.54, 1.807) is 6.07 Å². The minimum absolute atomic E-state index is 0.0758. The summed E-state index contributed by atoms with van der Waals surface area (Å²) in [5.41, 5.74) is 2.38. The summed E-state index contributed by atoms with van der Waals surface area (Å²) in [6.07, 6.45) is 0.486. The second kappa shape index (κ2) is 11.6. The number of aromatic nitrogens is 2. The third-order valence-electron chi connectivity index (χ3n) is 7.49. The number of hydrogen-bond acceptors (Lipinski definition) is 7. The maximum Gasteiger partial charge on any atom is 0.407 e. The molecule has 3 aromatic rings. The molecule has 0 atom stereocenters. The Morgan fingerprint density at radius 1 is 0.902 bits per heavy atom. The molecule has 2 fully saturated rings. The number of alkyl halides is 1. The molecule has 8 nitrogen and oxygen atoms in total. The van der Waals surface area contributed by atoms with Crippen LogP contribution in [-0.2, 0) is 16.7 Å². The summed E-state index contributed by atoms with van der Waals surface area (Å²) >= 11 is 0. The Morgan fingerprint density at radius 3 is 2.05 bits per heavy atom. The lowest BCUT2D eigenvalue weighted by atomic mass is 9.78. The zero-order valence-corrected chi connectivity index (χ0v) is 24.4. The van der Waals surface area contributed by atoms with Crippen molar-refractivity contribution in [2.24, 2.45) is 0 Å². The number of alkyl carbamates (subject to hydrolysis) is 1. The highest BCUT2D eigenvalue weighted by molar-refractivity contribution is 5.68. The molecule has 1 aliphatic heterocycles. The van der Waals surface area contributed by atoms with Gasteiger partial charge in [0, 0.05) is 50.0 Å². The van der Waals surface area contributed by atoms with Crippen molar-refractivity contribution in [3.8, 4) is 17.4 Å². The monoisotopic (exact) mass is 562 g/mol. The highest BCUT2D eigenvalue weighted by Crippen LogP contribution is 2.35. The average molecular weight is 563 g/mol. The number of rotatable bonds is 9.